The third kappa shape index (κ3) is 2.32. The van der Waals surface area contributed by atoms with E-state index in [0.29, 0.717) is 5.41 Å². The highest BCUT2D eigenvalue weighted by Crippen LogP contribution is 2.46. The summed E-state index contributed by atoms with van der Waals surface area (Å²) >= 11 is 0. The number of hydrogen-bond donors (Lipinski definition) is 0. The first-order valence-corrected chi connectivity index (χ1v) is 8.10. The van der Waals surface area contributed by atoms with Crippen LogP contribution in [0, 0.1) is 6.92 Å². The molecule has 0 N–H and O–H groups in total. The number of aryl methyl sites for hydroxylation is 2. The molecule has 0 radical (unpaired) electrons. The number of piperidine rings is 1. The second-order valence-electron chi connectivity index (χ2n) is 6.80. The molecule has 1 aliphatic carbocycles. The zero-order valence-electron chi connectivity index (χ0n) is 12.8. The van der Waals surface area contributed by atoms with Crippen molar-refractivity contribution in [2.75, 3.05) is 13.1 Å². The maximum atomic E-state index is 5.48. The van der Waals surface area contributed by atoms with Crippen LogP contribution in [0.4, 0.5) is 0 Å². The molecule has 1 aliphatic heterocycles. The Kier molecular flexibility index (Phi) is 3.15. The van der Waals surface area contributed by atoms with Crippen LogP contribution in [0.15, 0.2) is 41.0 Å². The summed E-state index contributed by atoms with van der Waals surface area (Å²) in [6.45, 7) is 5.56. The van der Waals surface area contributed by atoms with E-state index < -0.39 is 0 Å². The molecule has 0 bridgehead atoms. The van der Waals surface area contributed by atoms with E-state index in [0.717, 1.165) is 12.3 Å². The molecule has 1 saturated heterocycles. The van der Waals surface area contributed by atoms with Crippen LogP contribution in [-0.4, -0.2) is 18.0 Å². The van der Waals surface area contributed by atoms with Crippen LogP contribution in [0.5, 0.6) is 0 Å². The Morgan fingerprint density at radius 1 is 1.14 bits per heavy atom. The fourth-order valence-electron chi connectivity index (χ4n) is 4.19. The lowest BCUT2D eigenvalue weighted by Crippen LogP contribution is -2.41. The van der Waals surface area contributed by atoms with Gasteiger partial charge in [-0.05, 0) is 74.4 Å². The second kappa shape index (κ2) is 5.03. The van der Waals surface area contributed by atoms with Crippen LogP contribution in [0.1, 0.15) is 41.7 Å². The van der Waals surface area contributed by atoms with Crippen LogP contribution in [0.25, 0.3) is 0 Å². The van der Waals surface area contributed by atoms with Gasteiger partial charge in [0.25, 0.3) is 0 Å². The summed E-state index contributed by atoms with van der Waals surface area (Å²) in [6.07, 6.45) is 6.99. The third-order valence-corrected chi connectivity index (χ3v) is 5.48. The Morgan fingerprint density at radius 2 is 2.00 bits per heavy atom. The molecule has 0 amide bonds. The highest BCUT2D eigenvalue weighted by molar-refractivity contribution is 5.42. The monoisotopic (exact) mass is 281 g/mol. The Morgan fingerprint density at radius 3 is 2.76 bits per heavy atom. The average molecular weight is 281 g/mol. The SMILES string of the molecule is Cc1ccc2c(c1)C1(CC2)CCN(Cc2ccco2)CC1. The van der Waals surface area contributed by atoms with Gasteiger partial charge in [-0.25, -0.2) is 0 Å². The summed E-state index contributed by atoms with van der Waals surface area (Å²) in [4.78, 5) is 2.54. The maximum Gasteiger partial charge on any atom is 0.117 e. The largest absolute Gasteiger partial charge is 0.468 e. The minimum atomic E-state index is 0.459. The molecule has 1 fully saturated rings. The predicted molar refractivity (Wildman–Crippen MR) is 84.4 cm³/mol. The van der Waals surface area contributed by atoms with Gasteiger partial charge in [-0.15, -0.1) is 0 Å². The molecule has 0 unspecified atom stereocenters. The molecule has 2 aromatic rings. The van der Waals surface area contributed by atoms with Gasteiger partial charge in [-0.3, -0.25) is 4.90 Å². The Balaban J connectivity index is 1.49. The van der Waals surface area contributed by atoms with Crippen molar-refractivity contribution >= 4 is 0 Å². The van der Waals surface area contributed by atoms with E-state index >= 15 is 0 Å². The van der Waals surface area contributed by atoms with Gasteiger partial charge in [0.05, 0.1) is 12.8 Å². The molecule has 21 heavy (non-hydrogen) atoms. The number of nitrogens with zero attached hydrogens (tertiary/aromatic N) is 1. The van der Waals surface area contributed by atoms with E-state index in [4.69, 9.17) is 4.42 Å². The molecule has 110 valence electrons. The lowest BCUT2D eigenvalue weighted by atomic mass is 9.73. The molecule has 0 saturated carbocycles. The average Bonchev–Trinajstić information content (AvgIpc) is 3.11. The summed E-state index contributed by atoms with van der Waals surface area (Å²) in [5.41, 5.74) is 5.12. The normalized spacial score (nSPS) is 20.8. The van der Waals surface area contributed by atoms with Crippen molar-refractivity contribution in [3.05, 3.63) is 59.0 Å². The molecule has 1 aromatic heterocycles. The molecule has 2 heteroatoms. The number of hydrogen-bond acceptors (Lipinski definition) is 2. The molecule has 2 heterocycles. The summed E-state index contributed by atoms with van der Waals surface area (Å²) in [7, 11) is 0. The standard InChI is InChI=1S/C19H23NO/c1-15-4-5-16-6-7-19(18(16)13-15)8-10-20(11-9-19)14-17-3-2-12-21-17/h2-5,12-13H,6-11,14H2,1H3. The van der Waals surface area contributed by atoms with Gasteiger partial charge in [-0.2, -0.15) is 0 Å². The highest BCUT2D eigenvalue weighted by Gasteiger charge is 2.40. The van der Waals surface area contributed by atoms with E-state index in [-0.39, 0.29) is 0 Å². The van der Waals surface area contributed by atoms with Gasteiger partial charge in [0.15, 0.2) is 0 Å². The molecule has 1 aromatic carbocycles. The molecular weight excluding hydrogens is 258 g/mol. The fraction of sp³-hybridized carbons (Fsp3) is 0.474. The molecule has 2 nitrogen and oxygen atoms in total. The highest BCUT2D eigenvalue weighted by atomic mass is 16.3. The van der Waals surface area contributed by atoms with Crippen LogP contribution < -0.4 is 0 Å². The van der Waals surface area contributed by atoms with E-state index in [2.05, 4.69) is 36.1 Å². The topological polar surface area (TPSA) is 16.4 Å². The smallest absolute Gasteiger partial charge is 0.117 e. The van der Waals surface area contributed by atoms with Crippen LogP contribution in [-0.2, 0) is 18.4 Å². The van der Waals surface area contributed by atoms with Crippen molar-refractivity contribution in [2.45, 2.75) is 44.6 Å². The summed E-state index contributed by atoms with van der Waals surface area (Å²) in [5.74, 6) is 1.09. The van der Waals surface area contributed by atoms with E-state index in [1.54, 1.807) is 17.4 Å². The van der Waals surface area contributed by atoms with E-state index in [1.165, 1.54) is 44.3 Å². The minimum Gasteiger partial charge on any atom is -0.468 e. The van der Waals surface area contributed by atoms with Gasteiger partial charge in [0, 0.05) is 0 Å². The summed E-state index contributed by atoms with van der Waals surface area (Å²) in [6, 6.07) is 11.1. The zero-order valence-corrected chi connectivity index (χ0v) is 12.8. The van der Waals surface area contributed by atoms with Gasteiger partial charge in [0.1, 0.15) is 5.76 Å². The lowest BCUT2D eigenvalue weighted by molar-refractivity contribution is 0.144. The first-order chi connectivity index (χ1) is 10.3. The number of likely N-dealkylation sites (tertiary alicyclic amines) is 1. The Labute approximate surface area is 126 Å². The van der Waals surface area contributed by atoms with Crippen molar-refractivity contribution in [1.82, 2.24) is 4.90 Å². The second-order valence-corrected chi connectivity index (χ2v) is 6.80. The maximum absolute atomic E-state index is 5.48. The number of benzene rings is 1. The quantitative estimate of drug-likeness (QED) is 0.825. The number of furan rings is 1. The van der Waals surface area contributed by atoms with E-state index in [9.17, 15) is 0 Å². The number of fused-ring (bicyclic) bond motifs is 2. The molecule has 2 aliphatic rings. The van der Waals surface area contributed by atoms with Crippen LogP contribution in [0.2, 0.25) is 0 Å². The Hall–Kier alpha value is -1.54. The van der Waals surface area contributed by atoms with Gasteiger partial charge < -0.3 is 4.42 Å². The molecule has 4 rings (SSSR count). The first-order valence-electron chi connectivity index (χ1n) is 8.10. The number of rotatable bonds is 2. The fourth-order valence-corrected chi connectivity index (χ4v) is 4.19. The molecule has 0 atom stereocenters. The van der Waals surface area contributed by atoms with Crippen molar-refractivity contribution < 1.29 is 4.42 Å². The van der Waals surface area contributed by atoms with Crippen molar-refractivity contribution in [2.24, 2.45) is 0 Å². The van der Waals surface area contributed by atoms with Crippen LogP contribution in [0.3, 0.4) is 0 Å². The van der Waals surface area contributed by atoms with Crippen molar-refractivity contribution in [1.29, 1.82) is 0 Å². The molecular formula is C19H23NO. The van der Waals surface area contributed by atoms with Gasteiger partial charge in [0.2, 0.25) is 0 Å². The lowest BCUT2D eigenvalue weighted by Gasteiger charge is -2.40. The third-order valence-electron chi connectivity index (χ3n) is 5.48. The molecule has 1 spiro atoms. The Bertz CT molecular complexity index is 621. The van der Waals surface area contributed by atoms with Crippen LogP contribution >= 0.6 is 0 Å². The zero-order chi connectivity index (χ0) is 14.3. The van der Waals surface area contributed by atoms with Gasteiger partial charge >= 0.3 is 0 Å². The van der Waals surface area contributed by atoms with Gasteiger partial charge in [-0.1, -0.05) is 23.8 Å². The summed E-state index contributed by atoms with van der Waals surface area (Å²) in [5, 5.41) is 0. The minimum absolute atomic E-state index is 0.459. The summed E-state index contributed by atoms with van der Waals surface area (Å²) < 4.78 is 5.48. The first kappa shape index (κ1) is 13.1. The van der Waals surface area contributed by atoms with Crippen molar-refractivity contribution in [3.8, 4) is 0 Å². The predicted octanol–water partition coefficient (Wildman–Crippen LogP) is 4.07. The van der Waals surface area contributed by atoms with E-state index in [1.807, 2.05) is 6.07 Å². The van der Waals surface area contributed by atoms with Crippen molar-refractivity contribution in [3.63, 3.8) is 0 Å².